The van der Waals surface area contributed by atoms with Gasteiger partial charge < -0.3 is 10.6 Å². The van der Waals surface area contributed by atoms with Crippen molar-refractivity contribution in [3.63, 3.8) is 0 Å². The van der Waals surface area contributed by atoms with Crippen LogP contribution in [-0.4, -0.2) is 21.6 Å². The lowest BCUT2D eigenvalue weighted by atomic mass is 10.2. The van der Waals surface area contributed by atoms with E-state index in [9.17, 15) is 22.0 Å². The summed E-state index contributed by atoms with van der Waals surface area (Å²) in [6, 6.07) is 2.91. The molecule has 0 amide bonds. The quantitative estimate of drug-likeness (QED) is 0.646. The average Bonchev–Trinajstić information content (AvgIpc) is 2.51. The fourth-order valence-corrected chi connectivity index (χ4v) is 2.01. The average molecular weight is 362 g/mol. The summed E-state index contributed by atoms with van der Waals surface area (Å²) in [6.45, 7) is 0.0490. The van der Waals surface area contributed by atoms with Crippen LogP contribution in [0.5, 0.6) is 0 Å². The normalized spacial score (nSPS) is 11.2. The van der Waals surface area contributed by atoms with Gasteiger partial charge in [-0.1, -0.05) is 0 Å². The van der Waals surface area contributed by atoms with E-state index in [4.69, 9.17) is 12.2 Å². The topological polar surface area (TPSA) is 49.8 Å². The van der Waals surface area contributed by atoms with Gasteiger partial charge in [0.15, 0.2) is 16.7 Å². The number of thiocarbonyl (C=S) groups is 1. The van der Waals surface area contributed by atoms with E-state index >= 15 is 0 Å². The largest absolute Gasteiger partial charge is 0.419 e. The molecule has 2 heterocycles. The van der Waals surface area contributed by atoms with Crippen molar-refractivity contribution >= 4 is 23.1 Å². The number of nitrogens with zero attached hydrogens (tertiary/aromatic N) is 2. The van der Waals surface area contributed by atoms with Gasteiger partial charge in [0.25, 0.3) is 0 Å². The van der Waals surface area contributed by atoms with Crippen LogP contribution >= 0.6 is 12.2 Å². The number of rotatable bonds is 4. The maximum atomic E-state index is 13.4. The molecule has 0 aromatic carbocycles. The Morgan fingerprint density at radius 2 is 1.88 bits per heavy atom. The Hall–Kier alpha value is -2.36. The maximum Gasteiger partial charge on any atom is 0.419 e. The molecule has 0 saturated carbocycles. The predicted molar refractivity (Wildman–Crippen MR) is 81.3 cm³/mol. The molecule has 4 nitrogen and oxygen atoms in total. The van der Waals surface area contributed by atoms with Gasteiger partial charge in [-0.05, 0) is 30.4 Å². The van der Waals surface area contributed by atoms with Gasteiger partial charge in [0, 0.05) is 25.4 Å². The first-order chi connectivity index (χ1) is 11.3. The van der Waals surface area contributed by atoms with Crippen LogP contribution in [0.1, 0.15) is 11.3 Å². The smallest absolute Gasteiger partial charge is 0.362 e. The molecule has 0 unspecified atom stereocenters. The van der Waals surface area contributed by atoms with E-state index in [1.165, 1.54) is 6.20 Å². The molecule has 0 spiro atoms. The van der Waals surface area contributed by atoms with Gasteiger partial charge in [-0.3, -0.25) is 4.98 Å². The number of nitrogens with one attached hydrogen (secondary N) is 2. The standard InChI is InChI=1S/C14H11F5N4S/c15-9-3-6-20-10(11(9)16)4-7-22-13(24)23-12-8(14(17,18)19)2-1-5-21-12/h1-3,5-6H,4,7H2,(H2,21,22,23,24). The summed E-state index contributed by atoms with van der Waals surface area (Å²) in [4.78, 5) is 7.28. The first kappa shape index (κ1) is 18.0. The van der Waals surface area contributed by atoms with E-state index in [2.05, 4.69) is 20.6 Å². The van der Waals surface area contributed by atoms with Gasteiger partial charge in [-0.15, -0.1) is 0 Å². The van der Waals surface area contributed by atoms with Gasteiger partial charge in [-0.2, -0.15) is 13.2 Å². The molecule has 10 heteroatoms. The van der Waals surface area contributed by atoms with Crippen molar-refractivity contribution in [3.8, 4) is 0 Å². The zero-order chi connectivity index (χ0) is 17.7. The van der Waals surface area contributed by atoms with Gasteiger partial charge in [0.05, 0.1) is 11.3 Å². The molecular formula is C14H11F5N4S. The van der Waals surface area contributed by atoms with Gasteiger partial charge in [0.2, 0.25) is 0 Å². The minimum atomic E-state index is -4.58. The number of hydrogen-bond acceptors (Lipinski definition) is 3. The lowest BCUT2D eigenvalue weighted by Crippen LogP contribution is -2.31. The number of alkyl halides is 3. The first-order valence-corrected chi connectivity index (χ1v) is 7.06. The van der Waals surface area contributed by atoms with Crippen LogP contribution in [0.4, 0.5) is 27.8 Å². The Kier molecular flexibility index (Phi) is 5.60. The van der Waals surface area contributed by atoms with Gasteiger partial charge >= 0.3 is 6.18 Å². The molecule has 0 aliphatic rings. The molecule has 0 aliphatic heterocycles. The molecular weight excluding hydrogens is 351 g/mol. The fourth-order valence-electron chi connectivity index (χ4n) is 1.81. The summed E-state index contributed by atoms with van der Waals surface area (Å²) < 4.78 is 64.9. The van der Waals surface area contributed by atoms with Crippen molar-refractivity contribution in [1.29, 1.82) is 0 Å². The van der Waals surface area contributed by atoms with E-state index in [1.54, 1.807) is 0 Å². The molecule has 0 saturated heterocycles. The van der Waals surface area contributed by atoms with Crippen molar-refractivity contribution in [2.45, 2.75) is 12.6 Å². The minimum absolute atomic E-state index is 0.000239. The predicted octanol–water partition coefficient (Wildman–Crippen LogP) is 3.30. The fraction of sp³-hybridized carbons (Fsp3) is 0.214. The van der Waals surface area contributed by atoms with Gasteiger partial charge in [0.1, 0.15) is 5.82 Å². The van der Waals surface area contributed by atoms with E-state index in [0.29, 0.717) is 0 Å². The third kappa shape index (κ3) is 4.57. The number of anilines is 1. The second kappa shape index (κ2) is 7.47. The van der Waals surface area contributed by atoms with E-state index in [1.807, 2.05) is 0 Å². The van der Waals surface area contributed by atoms with Crippen LogP contribution in [0.25, 0.3) is 0 Å². The summed E-state index contributed by atoms with van der Waals surface area (Å²) in [5.74, 6) is -2.54. The highest BCUT2D eigenvalue weighted by Crippen LogP contribution is 2.33. The van der Waals surface area contributed by atoms with Gasteiger partial charge in [-0.25, -0.2) is 13.8 Å². The molecule has 24 heavy (non-hydrogen) atoms. The minimum Gasteiger partial charge on any atom is -0.362 e. The molecule has 0 bridgehead atoms. The summed E-state index contributed by atoms with van der Waals surface area (Å²) in [5, 5.41) is 4.79. The molecule has 0 atom stereocenters. The van der Waals surface area contributed by atoms with E-state index in [0.717, 1.165) is 24.4 Å². The molecule has 128 valence electrons. The third-order valence-corrected chi connectivity index (χ3v) is 3.15. The van der Waals surface area contributed by atoms with Crippen molar-refractivity contribution in [2.24, 2.45) is 0 Å². The lowest BCUT2D eigenvalue weighted by Gasteiger charge is -2.14. The Morgan fingerprint density at radius 1 is 1.12 bits per heavy atom. The third-order valence-electron chi connectivity index (χ3n) is 2.91. The number of halogens is 5. The molecule has 2 aromatic rings. The van der Waals surface area contributed by atoms with Crippen molar-refractivity contribution in [3.05, 3.63) is 53.5 Å². The summed E-state index contributed by atoms with van der Waals surface area (Å²) in [7, 11) is 0. The van der Waals surface area contributed by atoms with Crippen LogP contribution in [0, 0.1) is 11.6 Å². The maximum absolute atomic E-state index is 13.4. The Balaban J connectivity index is 1.94. The summed E-state index contributed by atoms with van der Waals surface area (Å²) >= 11 is 4.87. The van der Waals surface area contributed by atoms with Crippen LogP contribution in [0.15, 0.2) is 30.6 Å². The van der Waals surface area contributed by atoms with E-state index < -0.39 is 29.2 Å². The van der Waals surface area contributed by atoms with Crippen LogP contribution in [-0.2, 0) is 12.6 Å². The van der Waals surface area contributed by atoms with E-state index in [-0.39, 0.29) is 23.8 Å². The van der Waals surface area contributed by atoms with Crippen LogP contribution in [0.3, 0.4) is 0 Å². The highest BCUT2D eigenvalue weighted by Gasteiger charge is 2.34. The van der Waals surface area contributed by atoms with Crippen molar-refractivity contribution in [1.82, 2.24) is 15.3 Å². The Morgan fingerprint density at radius 3 is 2.58 bits per heavy atom. The SMILES string of the molecule is Fc1ccnc(CCNC(=S)Nc2ncccc2C(F)(F)F)c1F. The molecule has 2 aromatic heterocycles. The second-order valence-corrected chi connectivity index (χ2v) is 4.99. The second-order valence-electron chi connectivity index (χ2n) is 4.58. The highest BCUT2D eigenvalue weighted by molar-refractivity contribution is 7.80. The Bertz CT molecular complexity index is 735. The Labute approximate surface area is 139 Å². The lowest BCUT2D eigenvalue weighted by molar-refractivity contribution is -0.137. The van der Waals surface area contributed by atoms with Crippen molar-refractivity contribution < 1.29 is 22.0 Å². The highest BCUT2D eigenvalue weighted by atomic mass is 32.1. The summed E-state index contributed by atoms with van der Waals surface area (Å²) in [6.07, 6.45) is -2.28. The molecule has 0 aliphatic carbocycles. The zero-order valence-corrected chi connectivity index (χ0v) is 12.8. The summed E-state index contributed by atoms with van der Waals surface area (Å²) in [5.41, 5.74) is -1.08. The molecule has 2 rings (SSSR count). The number of aromatic nitrogens is 2. The first-order valence-electron chi connectivity index (χ1n) is 6.65. The van der Waals surface area contributed by atoms with Crippen LogP contribution < -0.4 is 10.6 Å². The van der Waals surface area contributed by atoms with Crippen molar-refractivity contribution in [2.75, 3.05) is 11.9 Å². The number of hydrogen-bond donors (Lipinski definition) is 2. The zero-order valence-electron chi connectivity index (χ0n) is 12.0. The molecule has 0 radical (unpaired) electrons. The monoisotopic (exact) mass is 362 g/mol. The van der Waals surface area contributed by atoms with Crippen LogP contribution in [0.2, 0.25) is 0 Å². The number of pyridine rings is 2. The molecule has 0 fully saturated rings. The molecule has 2 N–H and O–H groups in total.